The quantitative estimate of drug-likeness (QED) is 0.784. The Kier molecular flexibility index (Phi) is 3.09. The van der Waals surface area contributed by atoms with E-state index in [-0.39, 0.29) is 5.41 Å². The standard InChI is InChI=1S/C11H19N3/c1-8-6-7-12-10(13-8)14-9(2)11(3,4)5/h6-7,9H,1-5H3,(H,12,13,14). The second kappa shape index (κ2) is 3.95. The predicted octanol–water partition coefficient (Wildman–Crippen LogP) is 2.63. The van der Waals surface area contributed by atoms with Gasteiger partial charge in [0.25, 0.3) is 0 Å². The molecule has 1 unspecified atom stereocenters. The van der Waals surface area contributed by atoms with Crippen molar-refractivity contribution in [2.24, 2.45) is 5.41 Å². The zero-order valence-corrected chi connectivity index (χ0v) is 9.63. The van der Waals surface area contributed by atoms with Gasteiger partial charge < -0.3 is 5.32 Å². The van der Waals surface area contributed by atoms with Crippen molar-refractivity contribution in [3.8, 4) is 0 Å². The van der Waals surface area contributed by atoms with E-state index in [0.29, 0.717) is 12.0 Å². The maximum atomic E-state index is 4.30. The highest BCUT2D eigenvalue weighted by Crippen LogP contribution is 2.21. The summed E-state index contributed by atoms with van der Waals surface area (Å²) in [6.07, 6.45) is 1.78. The fourth-order valence-electron chi connectivity index (χ4n) is 0.929. The Hall–Kier alpha value is -1.12. The Morgan fingerprint density at radius 1 is 1.36 bits per heavy atom. The molecule has 0 aliphatic heterocycles. The molecule has 3 nitrogen and oxygen atoms in total. The third kappa shape index (κ3) is 2.98. The lowest BCUT2D eigenvalue weighted by Crippen LogP contribution is -2.31. The molecule has 0 aromatic carbocycles. The van der Waals surface area contributed by atoms with Crippen LogP contribution in [0, 0.1) is 12.3 Å². The molecule has 0 fully saturated rings. The Morgan fingerprint density at radius 3 is 2.50 bits per heavy atom. The summed E-state index contributed by atoms with van der Waals surface area (Å²) in [5, 5.41) is 3.30. The largest absolute Gasteiger partial charge is 0.351 e. The fourth-order valence-corrected chi connectivity index (χ4v) is 0.929. The van der Waals surface area contributed by atoms with E-state index in [1.165, 1.54) is 0 Å². The molecule has 78 valence electrons. The molecule has 1 N–H and O–H groups in total. The molecule has 0 aliphatic carbocycles. The summed E-state index contributed by atoms with van der Waals surface area (Å²) in [6.45, 7) is 10.7. The smallest absolute Gasteiger partial charge is 0.223 e. The molecular weight excluding hydrogens is 174 g/mol. The van der Waals surface area contributed by atoms with Crippen LogP contribution in [0.25, 0.3) is 0 Å². The molecular formula is C11H19N3. The molecule has 3 heteroatoms. The Bertz CT molecular complexity index is 302. The van der Waals surface area contributed by atoms with Crippen LogP contribution in [-0.4, -0.2) is 16.0 Å². The van der Waals surface area contributed by atoms with Gasteiger partial charge in [-0.25, -0.2) is 9.97 Å². The number of hydrogen-bond acceptors (Lipinski definition) is 3. The maximum absolute atomic E-state index is 4.30. The Morgan fingerprint density at radius 2 is 2.00 bits per heavy atom. The highest BCUT2D eigenvalue weighted by atomic mass is 15.1. The number of aromatic nitrogens is 2. The molecule has 0 radical (unpaired) electrons. The Labute approximate surface area is 86.0 Å². The number of nitrogens with zero attached hydrogens (tertiary/aromatic N) is 2. The Balaban J connectivity index is 2.70. The summed E-state index contributed by atoms with van der Waals surface area (Å²) in [5.41, 5.74) is 1.20. The number of aryl methyl sites for hydroxylation is 1. The minimum atomic E-state index is 0.215. The molecule has 1 atom stereocenters. The van der Waals surface area contributed by atoms with Crippen LogP contribution in [-0.2, 0) is 0 Å². The van der Waals surface area contributed by atoms with Crippen LogP contribution >= 0.6 is 0 Å². The summed E-state index contributed by atoms with van der Waals surface area (Å²) < 4.78 is 0. The van der Waals surface area contributed by atoms with Crippen molar-refractivity contribution >= 4 is 5.95 Å². The zero-order chi connectivity index (χ0) is 10.8. The van der Waals surface area contributed by atoms with Crippen molar-refractivity contribution in [3.05, 3.63) is 18.0 Å². The van der Waals surface area contributed by atoms with Gasteiger partial charge in [-0.2, -0.15) is 0 Å². The van der Waals surface area contributed by atoms with Gasteiger partial charge in [-0.15, -0.1) is 0 Å². The van der Waals surface area contributed by atoms with E-state index in [1.807, 2.05) is 13.0 Å². The van der Waals surface area contributed by atoms with Gasteiger partial charge in [0.2, 0.25) is 5.95 Å². The lowest BCUT2D eigenvalue weighted by atomic mass is 9.88. The molecule has 0 amide bonds. The first-order valence-corrected chi connectivity index (χ1v) is 4.96. The lowest BCUT2D eigenvalue weighted by Gasteiger charge is -2.27. The van der Waals surface area contributed by atoms with Gasteiger partial charge in [0.05, 0.1) is 0 Å². The minimum absolute atomic E-state index is 0.215. The van der Waals surface area contributed by atoms with Crippen molar-refractivity contribution in [1.29, 1.82) is 0 Å². The number of rotatable bonds is 2. The van der Waals surface area contributed by atoms with E-state index in [2.05, 4.69) is 43.0 Å². The van der Waals surface area contributed by atoms with Crippen molar-refractivity contribution in [2.75, 3.05) is 5.32 Å². The van der Waals surface area contributed by atoms with Gasteiger partial charge >= 0.3 is 0 Å². The van der Waals surface area contributed by atoms with Crippen LogP contribution in [0.15, 0.2) is 12.3 Å². The van der Waals surface area contributed by atoms with Crippen molar-refractivity contribution in [1.82, 2.24) is 9.97 Å². The van der Waals surface area contributed by atoms with E-state index >= 15 is 0 Å². The summed E-state index contributed by atoms with van der Waals surface area (Å²) in [5.74, 6) is 0.715. The summed E-state index contributed by atoms with van der Waals surface area (Å²) >= 11 is 0. The first-order valence-electron chi connectivity index (χ1n) is 4.96. The first kappa shape index (κ1) is 11.0. The van der Waals surface area contributed by atoms with Gasteiger partial charge in [0, 0.05) is 17.9 Å². The van der Waals surface area contributed by atoms with E-state index in [9.17, 15) is 0 Å². The fraction of sp³-hybridized carbons (Fsp3) is 0.636. The molecule has 1 rings (SSSR count). The lowest BCUT2D eigenvalue weighted by molar-refractivity contribution is 0.358. The SMILES string of the molecule is Cc1ccnc(NC(C)C(C)(C)C)n1. The highest BCUT2D eigenvalue weighted by molar-refractivity contribution is 5.26. The number of hydrogen-bond donors (Lipinski definition) is 1. The summed E-state index contributed by atoms with van der Waals surface area (Å²) in [4.78, 5) is 8.48. The van der Waals surface area contributed by atoms with Crippen LogP contribution in [0.1, 0.15) is 33.4 Å². The van der Waals surface area contributed by atoms with Gasteiger partial charge in [-0.1, -0.05) is 20.8 Å². The second-order valence-corrected chi connectivity index (χ2v) is 4.75. The molecule has 0 aliphatic rings. The van der Waals surface area contributed by atoms with Crippen LogP contribution in [0.4, 0.5) is 5.95 Å². The molecule has 14 heavy (non-hydrogen) atoms. The third-order valence-electron chi connectivity index (χ3n) is 2.44. The molecule has 0 bridgehead atoms. The van der Waals surface area contributed by atoms with Crippen LogP contribution in [0.2, 0.25) is 0 Å². The minimum Gasteiger partial charge on any atom is -0.351 e. The van der Waals surface area contributed by atoms with Crippen molar-refractivity contribution < 1.29 is 0 Å². The normalized spacial score (nSPS) is 13.8. The van der Waals surface area contributed by atoms with E-state index in [1.54, 1.807) is 6.20 Å². The molecule has 1 aromatic rings. The topological polar surface area (TPSA) is 37.8 Å². The number of nitrogens with one attached hydrogen (secondary N) is 1. The monoisotopic (exact) mass is 193 g/mol. The van der Waals surface area contributed by atoms with Gasteiger partial charge in [-0.05, 0) is 25.3 Å². The third-order valence-corrected chi connectivity index (χ3v) is 2.44. The van der Waals surface area contributed by atoms with Crippen molar-refractivity contribution in [2.45, 2.75) is 40.7 Å². The van der Waals surface area contributed by atoms with Crippen LogP contribution < -0.4 is 5.32 Å². The van der Waals surface area contributed by atoms with E-state index in [4.69, 9.17) is 0 Å². The maximum Gasteiger partial charge on any atom is 0.223 e. The summed E-state index contributed by atoms with van der Waals surface area (Å²) in [7, 11) is 0. The van der Waals surface area contributed by atoms with E-state index in [0.717, 1.165) is 5.69 Å². The average molecular weight is 193 g/mol. The molecule has 0 saturated heterocycles. The molecule has 0 saturated carbocycles. The predicted molar refractivity (Wildman–Crippen MR) is 59.3 cm³/mol. The average Bonchev–Trinajstić information content (AvgIpc) is 2.02. The van der Waals surface area contributed by atoms with E-state index < -0.39 is 0 Å². The van der Waals surface area contributed by atoms with Gasteiger partial charge in [-0.3, -0.25) is 0 Å². The highest BCUT2D eigenvalue weighted by Gasteiger charge is 2.20. The number of anilines is 1. The van der Waals surface area contributed by atoms with Crippen molar-refractivity contribution in [3.63, 3.8) is 0 Å². The van der Waals surface area contributed by atoms with Crippen LogP contribution in [0.5, 0.6) is 0 Å². The molecule has 0 spiro atoms. The zero-order valence-electron chi connectivity index (χ0n) is 9.63. The first-order chi connectivity index (χ1) is 6.39. The van der Waals surface area contributed by atoms with Gasteiger partial charge in [0.1, 0.15) is 0 Å². The van der Waals surface area contributed by atoms with Gasteiger partial charge in [0.15, 0.2) is 0 Å². The molecule has 1 aromatic heterocycles. The summed E-state index contributed by atoms with van der Waals surface area (Å²) in [6, 6.07) is 2.25. The second-order valence-electron chi connectivity index (χ2n) is 4.75. The molecule has 1 heterocycles. The van der Waals surface area contributed by atoms with Crippen LogP contribution in [0.3, 0.4) is 0 Å².